The molecule has 2 aliphatic rings. The number of urea groups is 1. The highest BCUT2D eigenvalue weighted by Gasteiger charge is 2.30. The molecule has 2 saturated heterocycles. The summed E-state index contributed by atoms with van der Waals surface area (Å²) in [4.78, 5) is 53.3. The van der Waals surface area contributed by atoms with Crippen LogP contribution in [0.25, 0.3) is 0 Å². The van der Waals surface area contributed by atoms with E-state index in [-0.39, 0.29) is 23.2 Å². The Kier molecular flexibility index (Phi) is 6.86. The monoisotopic (exact) mass is 417 g/mol. The molecule has 0 spiro atoms. The summed E-state index contributed by atoms with van der Waals surface area (Å²) in [5, 5.41) is 13.5. The summed E-state index contributed by atoms with van der Waals surface area (Å²) >= 11 is 0. The number of benzene rings is 1. The Morgan fingerprint density at radius 1 is 0.967 bits per heavy atom. The van der Waals surface area contributed by atoms with Gasteiger partial charge in [0, 0.05) is 57.0 Å². The predicted octanol–water partition coefficient (Wildman–Crippen LogP) is 1.46. The van der Waals surface area contributed by atoms with Crippen molar-refractivity contribution >= 4 is 23.5 Å². The van der Waals surface area contributed by atoms with Gasteiger partial charge in [-0.1, -0.05) is 6.07 Å². The van der Waals surface area contributed by atoms with Crippen LogP contribution in [0.1, 0.15) is 36.5 Å². The van der Waals surface area contributed by atoms with E-state index < -0.39 is 16.9 Å². The fourth-order valence-electron chi connectivity index (χ4n) is 3.78. The van der Waals surface area contributed by atoms with Crippen LogP contribution in [0.2, 0.25) is 0 Å². The van der Waals surface area contributed by atoms with Gasteiger partial charge in [0.15, 0.2) is 0 Å². The van der Waals surface area contributed by atoms with Crippen molar-refractivity contribution in [3.8, 4) is 0 Å². The number of hydrogen-bond acceptors (Lipinski definition) is 5. The van der Waals surface area contributed by atoms with Crippen LogP contribution < -0.4 is 5.32 Å². The topological polar surface area (TPSA) is 116 Å². The first-order valence-corrected chi connectivity index (χ1v) is 10.2. The molecule has 1 aromatic rings. The number of nitro benzene ring substituents is 1. The lowest BCUT2D eigenvalue weighted by atomic mass is 10.1. The summed E-state index contributed by atoms with van der Waals surface area (Å²) in [7, 11) is 0. The van der Waals surface area contributed by atoms with Crippen LogP contribution in [-0.4, -0.2) is 82.8 Å². The molecule has 1 unspecified atom stereocenters. The Morgan fingerprint density at radius 3 is 2.20 bits per heavy atom. The molecule has 0 aromatic heterocycles. The first-order chi connectivity index (χ1) is 14.4. The van der Waals surface area contributed by atoms with E-state index in [0.717, 1.165) is 32.4 Å². The molecule has 1 N–H and O–H groups in total. The van der Waals surface area contributed by atoms with E-state index in [4.69, 9.17) is 0 Å². The summed E-state index contributed by atoms with van der Waals surface area (Å²) in [6, 6.07) is 4.63. The van der Waals surface area contributed by atoms with Gasteiger partial charge in [-0.3, -0.25) is 19.7 Å². The molecule has 1 aromatic carbocycles. The van der Waals surface area contributed by atoms with Crippen molar-refractivity contribution in [2.75, 3.05) is 39.3 Å². The molecule has 2 fully saturated rings. The van der Waals surface area contributed by atoms with Crippen LogP contribution in [0.4, 0.5) is 10.5 Å². The van der Waals surface area contributed by atoms with Crippen LogP contribution in [0.15, 0.2) is 24.3 Å². The van der Waals surface area contributed by atoms with Crippen molar-refractivity contribution in [2.24, 2.45) is 0 Å². The molecule has 2 aliphatic heterocycles. The van der Waals surface area contributed by atoms with Gasteiger partial charge in [0.05, 0.1) is 4.92 Å². The number of nitrogens with zero attached hydrogens (tertiary/aromatic N) is 4. The predicted molar refractivity (Wildman–Crippen MR) is 109 cm³/mol. The second kappa shape index (κ2) is 9.55. The number of amides is 4. The van der Waals surface area contributed by atoms with Gasteiger partial charge < -0.3 is 20.0 Å². The number of carbonyl (C=O) groups is 3. The molecule has 0 aliphatic carbocycles. The number of nitrogens with one attached hydrogen (secondary N) is 1. The van der Waals surface area contributed by atoms with Gasteiger partial charge in [-0.05, 0) is 32.3 Å². The molecule has 10 heteroatoms. The highest BCUT2D eigenvalue weighted by Crippen LogP contribution is 2.15. The Bertz CT molecular complexity index is 816. The van der Waals surface area contributed by atoms with Gasteiger partial charge in [-0.15, -0.1) is 0 Å². The smallest absolute Gasteiger partial charge is 0.320 e. The van der Waals surface area contributed by atoms with Crippen LogP contribution in [0, 0.1) is 10.1 Å². The standard InChI is InChI=1S/C20H27N5O5/c1-15(21-18(26)16-6-5-7-17(14-16)25(29)30)19(27)22-10-12-24(13-11-22)20(28)23-8-3-2-4-9-23/h5-7,14-15H,2-4,8-13H2,1H3,(H,21,26). The van der Waals surface area contributed by atoms with E-state index in [9.17, 15) is 24.5 Å². The van der Waals surface area contributed by atoms with Crippen molar-refractivity contribution in [1.29, 1.82) is 0 Å². The summed E-state index contributed by atoms with van der Waals surface area (Å²) in [6.45, 7) is 4.92. The van der Waals surface area contributed by atoms with Crippen LogP contribution in [0.5, 0.6) is 0 Å². The molecule has 1 atom stereocenters. The summed E-state index contributed by atoms with van der Waals surface area (Å²) in [5.41, 5.74) is -0.0584. The van der Waals surface area contributed by atoms with Crippen molar-refractivity contribution < 1.29 is 19.3 Å². The molecular formula is C20H27N5O5. The Hall–Kier alpha value is -3.17. The fraction of sp³-hybridized carbons (Fsp3) is 0.550. The molecule has 4 amide bonds. The number of piperazine rings is 1. The minimum atomic E-state index is -0.777. The van der Waals surface area contributed by atoms with E-state index >= 15 is 0 Å². The van der Waals surface area contributed by atoms with Crippen molar-refractivity contribution in [3.63, 3.8) is 0 Å². The van der Waals surface area contributed by atoms with Gasteiger partial charge >= 0.3 is 6.03 Å². The SMILES string of the molecule is CC(NC(=O)c1cccc([N+](=O)[O-])c1)C(=O)N1CCN(C(=O)N2CCCCC2)CC1. The van der Waals surface area contributed by atoms with E-state index in [2.05, 4.69) is 5.32 Å². The third kappa shape index (κ3) is 5.05. The zero-order valence-electron chi connectivity index (χ0n) is 17.1. The quantitative estimate of drug-likeness (QED) is 0.588. The van der Waals surface area contributed by atoms with Crippen molar-refractivity contribution in [2.45, 2.75) is 32.2 Å². The molecule has 30 heavy (non-hydrogen) atoms. The molecule has 0 bridgehead atoms. The number of hydrogen-bond donors (Lipinski definition) is 1. The van der Waals surface area contributed by atoms with E-state index in [1.807, 2.05) is 4.90 Å². The zero-order valence-corrected chi connectivity index (χ0v) is 17.1. The van der Waals surface area contributed by atoms with Crippen molar-refractivity contribution in [1.82, 2.24) is 20.0 Å². The van der Waals surface area contributed by atoms with Gasteiger partial charge in [0.2, 0.25) is 5.91 Å². The van der Waals surface area contributed by atoms with E-state index in [1.165, 1.54) is 24.3 Å². The van der Waals surface area contributed by atoms with Crippen LogP contribution in [0.3, 0.4) is 0 Å². The van der Waals surface area contributed by atoms with Crippen LogP contribution >= 0.6 is 0 Å². The zero-order chi connectivity index (χ0) is 21.7. The second-order valence-corrected chi connectivity index (χ2v) is 7.65. The number of rotatable bonds is 4. The lowest BCUT2D eigenvalue weighted by molar-refractivity contribution is -0.384. The van der Waals surface area contributed by atoms with Gasteiger partial charge in [0.25, 0.3) is 11.6 Å². The second-order valence-electron chi connectivity index (χ2n) is 7.65. The number of non-ortho nitro benzene ring substituents is 1. The summed E-state index contributed by atoms with van der Waals surface area (Å²) in [6.07, 6.45) is 3.23. The first-order valence-electron chi connectivity index (χ1n) is 10.2. The summed E-state index contributed by atoms with van der Waals surface area (Å²) in [5.74, 6) is -0.780. The third-order valence-corrected chi connectivity index (χ3v) is 5.53. The number of piperidine rings is 1. The number of likely N-dealkylation sites (tertiary alicyclic amines) is 1. The largest absolute Gasteiger partial charge is 0.341 e. The lowest BCUT2D eigenvalue weighted by Crippen LogP contribution is -2.57. The maximum Gasteiger partial charge on any atom is 0.320 e. The van der Waals surface area contributed by atoms with Crippen molar-refractivity contribution in [3.05, 3.63) is 39.9 Å². The Labute approximate surface area is 174 Å². The molecule has 3 rings (SSSR count). The molecule has 0 radical (unpaired) electrons. The minimum Gasteiger partial charge on any atom is -0.341 e. The summed E-state index contributed by atoms with van der Waals surface area (Å²) < 4.78 is 0. The Morgan fingerprint density at radius 2 is 1.57 bits per heavy atom. The molecule has 2 heterocycles. The van der Waals surface area contributed by atoms with Gasteiger partial charge in [-0.2, -0.15) is 0 Å². The van der Waals surface area contributed by atoms with Gasteiger partial charge in [0.1, 0.15) is 6.04 Å². The van der Waals surface area contributed by atoms with Gasteiger partial charge in [-0.25, -0.2) is 4.79 Å². The van der Waals surface area contributed by atoms with E-state index in [0.29, 0.717) is 26.2 Å². The average molecular weight is 417 g/mol. The normalized spacial score (nSPS) is 18.0. The molecule has 10 nitrogen and oxygen atoms in total. The minimum absolute atomic E-state index is 0.0359. The van der Waals surface area contributed by atoms with Crippen LogP contribution in [-0.2, 0) is 4.79 Å². The molecule has 0 saturated carbocycles. The fourth-order valence-corrected chi connectivity index (χ4v) is 3.78. The highest BCUT2D eigenvalue weighted by atomic mass is 16.6. The number of carbonyl (C=O) groups excluding carboxylic acids is 3. The Balaban J connectivity index is 1.50. The molecular weight excluding hydrogens is 390 g/mol. The maximum atomic E-state index is 12.7. The highest BCUT2D eigenvalue weighted by molar-refractivity contribution is 5.97. The molecule has 162 valence electrons. The first kappa shape index (κ1) is 21.5. The number of nitro groups is 1. The third-order valence-electron chi connectivity index (χ3n) is 5.53. The van der Waals surface area contributed by atoms with E-state index in [1.54, 1.807) is 16.7 Å². The lowest BCUT2D eigenvalue weighted by Gasteiger charge is -2.39. The maximum absolute atomic E-state index is 12.7. The average Bonchev–Trinajstić information content (AvgIpc) is 2.78.